The van der Waals surface area contributed by atoms with Gasteiger partial charge in [-0.05, 0) is 25.6 Å². The van der Waals surface area contributed by atoms with Gasteiger partial charge in [0.1, 0.15) is 5.82 Å². The number of likely N-dealkylation sites (N-methyl/N-ethyl adjacent to an activating group) is 1. The zero-order valence-electron chi connectivity index (χ0n) is 11.7. The Hall–Kier alpha value is -0.680. The van der Waals surface area contributed by atoms with Gasteiger partial charge in [0, 0.05) is 30.3 Å². The van der Waals surface area contributed by atoms with Crippen molar-refractivity contribution < 1.29 is 9.13 Å². The number of ether oxygens (including phenoxy) is 1. The Bertz CT molecular complexity index is 403. The minimum Gasteiger partial charge on any atom is -0.383 e. The molecule has 0 radical (unpaired) electrons. The molecule has 5 heteroatoms. The van der Waals surface area contributed by atoms with E-state index in [2.05, 4.69) is 4.90 Å². The van der Waals surface area contributed by atoms with Gasteiger partial charge in [0.25, 0.3) is 0 Å². The molecule has 0 saturated heterocycles. The summed E-state index contributed by atoms with van der Waals surface area (Å²) in [5.74, 6) is -0.314. The summed E-state index contributed by atoms with van der Waals surface area (Å²) in [4.78, 5) is 2.13. The Labute approximate surface area is 119 Å². The summed E-state index contributed by atoms with van der Waals surface area (Å²) in [7, 11) is 1.66. The number of hydrogen-bond donors (Lipinski definition) is 1. The van der Waals surface area contributed by atoms with E-state index >= 15 is 0 Å². The topological polar surface area (TPSA) is 38.5 Å². The molecular weight excluding hydrogens is 267 g/mol. The lowest BCUT2D eigenvalue weighted by Gasteiger charge is -2.35. The third-order valence-corrected chi connectivity index (χ3v) is 3.52. The number of hydrogen-bond acceptors (Lipinski definition) is 3. The maximum absolute atomic E-state index is 14.0. The van der Waals surface area contributed by atoms with Gasteiger partial charge in [-0.15, -0.1) is 0 Å². The molecule has 3 nitrogen and oxygen atoms in total. The number of methoxy groups -OCH3 is 1. The molecule has 0 aliphatic rings. The van der Waals surface area contributed by atoms with Crippen LogP contribution in [-0.2, 0) is 4.74 Å². The predicted molar refractivity (Wildman–Crippen MR) is 76.9 cm³/mol. The lowest BCUT2D eigenvalue weighted by molar-refractivity contribution is 0.0740. The second-order valence-corrected chi connectivity index (χ2v) is 4.99. The monoisotopic (exact) mass is 288 g/mol. The molecule has 19 heavy (non-hydrogen) atoms. The van der Waals surface area contributed by atoms with Crippen molar-refractivity contribution >= 4 is 11.6 Å². The summed E-state index contributed by atoms with van der Waals surface area (Å²) in [6, 6.07) is 4.72. The molecule has 0 saturated carbocycles. The molecular formula is C14H22ClFN2O. The minimum absolute atomic E-state index is 0.165. The number of nitrogens with two attached hydrogens (primary N) is 1. The highest BCUT2D eigenvalue weighted by molar-refractivity contribution is 6.30. The fraction of sp³-hybridized carbons (Fsp3) is 0.571. The lowest BCUT2D eigenvalue weighted by Crippen LogP contribution is -2.42. The van der Waals surface area contributed by atoms with Crippen LogP contribution >= 0.6 is 11.6 Å². The molecule has 2 atom stereocenters. The van der Waals surface area contributed by atoms with Crippen LogP contribution in [0.5, 0.6) is 0 Å². The van der Waals surface area contributed by atoms with Crippen molar-refractivity contribution in [3.05, 3.63) is 34.6 Å². The molecule has 0 aromatic heterocycles. The molecule has 0 aliphatic heterocycles. The van der Waals surface area contributed by atoms with Gasteiger partial charge < -0.3 is 10.5 Å². The molecule has 0 amide bonds. The highest BCUT2D eigenvalue weighted by Crippen LogP contribution is 2.26. The first-order valence-electron chi connectivity index (χ1n) is 6.44. The zero-order valence-corrected chi connectivity index (χ0v) is 12.5. The number of benzene rings is 1. The largest absolute Gasteiger partial charge is 0.383 e. The summed E-state index contributed by atoms with van der Waals surface area (Å²) in [6.45, 7) is 5.78. The lowest BCUT2D eigenvalue weighted by atomic mass is 10.0. The van der Waals surface area contributed by atoms with E-state index in [1.54, 1.807) is 19.2 Å². The van der Waals surface area contributed by atoms with Crippen molar-refractivity contribution in [3.8, 4) is 0 Å². The number of halogens is 2. The van der Waals surface area contributed by atoms with Gasteiger partial charge in [-0.3, -0.25) is 4.90 Å². The van der Waals surface area contributed by atoms with Crippen LogP contribution in [0.4, 0.5) is 4.39 Å². The van der Waals surface area contributed by atoms with Crippen LogP contribution in [0.2, 0.25) is 5.02 Å². The molecule has 1 rings (SSSR count). The Morgan fingerprint density at radius 1 is 1.47 bits per heavy atom. The van der Waals surface area contributed by atoms with E-state index in [1.807, 2.05) is 13.8 Å². The fourth-order valence-corrected chi connectivity index (χ4v) is 2.55. The van der Waals surface area contributed by atoms with Crippen LogP contribution in [0.3, 0.4) is 0 Å². The molecule has 0 bridgehead atoms. The van der Waals surface area contributed by atoms with Crippen LogP contribution < -0.4 is 5.73 Å². The van der Waals surface area contributed by atoms with E-state index in [9.17, 15) is 4.39 Å². The Morgan fingerprint density at radius 2 is 2.16 bits per heavy atom. The highest BCUT2D eigenvalue weighted by Gasteiger charge is 2.24. The first-order valence-corrected chi connectivity index (χ1v) is 6.82. The van der Waals surface area contributed by atoms with E-state index in [0.717, 1.165) is 6.54 Å². The van der Waals surface area contributed by atoms with Crippen molar-refractivity contribution in [3.63, 3.8) is 0 Å². The normalized spacial score (nSPS) is 14.7. The Balaban J connectivity index is 3.02. The van der Waals surface area contributed by atoms with Crippen LogP contribution in [0.15, 0.2) is 18.2 Å². The zero-order chi connectivity index (χ0) is 14.4. The molecule has 0 aliphatic carbocycles. The standard InChI is InChI=1S/C14H22ClFN2O/c1-4-18(10(2)9-19-3)14(8-17)12-6-5-11(15)7-13(12)16/h5-7,10,14H,4,8-9,17H2,1-3H3. The van der Waals surface area contributed by atoms with E-state index in [-0.39, 0.29) is 17.9 Å². The average molecular weight is 289 g/mol. The Morgan fingerprint density at radius 3 is 2.63 bits per heavy atom. The third-order valence-electron chi connectivity index (χ3n) is 3.28. The molecule has 1 aromatic carbocycles. The minimum atomic E-state index is -0.314. The maximum atomic E-state index is 14.0. The third kappa shape index (κ3) is 4.14. The molecule has 2 N–H and O–H groups in total. The van der Waals surface area contributed by atoms with E-state index in [4.69, 9.17) is 22.1 Å². The van der Waals surface area contributed by atoms with E-state index in [1.165, 1.54) is 6.07 Å². The summed E-state index contributed by atoms with van der Waals surface area (Å²) in [5.41, 5.74) is 6.42. The SMILES string of the molecule is CCN(C(C)COC)C(CN)c1ccc(Cl)cc1F. The first kappa shape index (κ1) is 16.4. The second kappa shape index (κ2) is 7.80. The second-order valence-electron chi connectivity index (χ2n) is 4.55. The van der Waals surface area contributed by atoms with Crippen molar-refractivity contribution in [2.24, 2.45) is 5.73 Å². The van der Waals surface area contributed by atoms with Crippen molar-refractivity contribution in [2.45, 2.75) is 25.9 Å². The number of nitrogens with zero attached hydrogens (tertiary/aromatic N) is 1. The van der Waals surface area contributed by atoms with Gasteiger partial charge >= 0.3 is 0 Å². The van der Waals surface area contributed by atoms with Crippen molar-refractivity contribution in [1.29, 1.82) is 0 Å². The maximum Gasteiger partial charge on any atom is 0.129 e. The van der Waals surface area contributed by atoms with E-state index in [0.29, 0.717) is 23.7 Å². The average Bonchev–Trinajstić information content (AvgIpc) is 2.37. The summed E-state index contributed by atoms with van der Waals surface area (Å²) in [5, 5.41) is 0.394. The van der Waals surface area contributed by atoms with Gasteiger partial charge in [-0.1, -0.05) is 24.6 Å². The summed E-state index contributed by atoms with van der Waals surface area (Å²) < 4.78 is 19.2. The first-order chi connectivity index (χ1) is 9.04. The number of rotatable bonds is 7. The predicted octanol–water partition coefficient (Wildman–Crippen LogP) is 2.84. The smallest absolute Gasteiger partial charge is 0.129 e. The molecule has 0 spiro atoms. The van der Waals surface area contributed by atoms with Gasteiger partial charge in [0.05, 0.1) is 12.6 Å². The van der Waals surface area contributed by atoms with Gasteiger partial charge in [-0.25, -0.2) is 4.39 Å². The Kier molecular flexibility index (Phi) is 6.72. The summed E-state index contributed by atoms with van der Waals surface area (Å²) >= 11 is 5.79. The van der Waals surface area contributed by atoms with Gasteiger partial charge in [0.15, 0.2) is 0 Å². The van der Waals surface area contributed by atoms with Gasteiger partial charge in [0.2, 0.25) is 0 Å². The van der Waals surface area contributed by atoms with Crippen LogP contribution in [-0.4, -0.2) is 37.7 Å². The van der Waals surface area contributed by atoms with Crippen LogP contribution in [0, 0.1) is 5.82 Å². The molecule has 1 aromatic rings. The van der Waals surface area contributed by atoms with E-state index < -0.39 is 0 Å². The van der Waals surface area contributed by atoms with Crippen molar-refractivity contribution in [2.75, 3.05) is 26.8 Å². The quantitative estimate of drug-likeness (QED) is 0.838. The highest BCUT2D eigenvalue weighted by atomic mass is 35.5. The summed E-state index contributed by atoms with van der Waals surface area (Å²) in [6.07, 6.45) is 0. The molecule has 0 heterocycles. The fourth-order valence-electron chi connectivity index (χ4n) is 2.39. The molecule has 108 valence electrons. The van der Waals surface area contributed by atoms with Gasteiger partial charge in [-0.2, -0.15) is 0 Å². The molecule has 2 unspecified atom stereocenters. The van der Waals surface area contributed by atoms with Crippen LogP contribution in [0.25, 0.3) is 0 Å². The molecule has 0 fully saturated rings. The van der Waals surface area contributed by atoms with Crippen molar-refractivity contribution in [1.82, 2.24) is 4.90 Å². The van der Waals surface area contributed by atoms with Crippen LogP contribution in [0.1, 0.15) is 25.5 Å².